The third kappa shape index (κ3) is 5.26. The second-order valence-electron chi connectivity index (χ2n) is 9.65. The lowest BCUT2D eigenvalue weighted by atomic mass is 9.68. The van der Waals surface area contributed by atoms with Gasteiger partial charge in [0.1, 0.15) is 5.82 Å². The molecule has 2 aliphatic rings. The number of aromatic nitrogens is 2. The molecule has 2 heterocycles. The smallest absolute Gasteiger partial charge is 0.316 e. The number of nitriles is 1. The number of thioether (sulfide) groups is 1. The summed E-state index contributed by atoms with van der Waals surface area (Å²) in [5.41, 5.74) is 8.26. The zero-order valence-electron chi connectivity index (χ0n) is 22.5. The molecular formula is C26H29N5O6S2. The van der Waals surface area contributed by atoms with Gasteiger partial charge in [-0.15, -0.1) is 10.2 Å². The van der Waals surface area contributed by atoms with Crippen LogP contribution in [0, 0.1) is 16.7 Å². The first-order valence-corrected chi connectivity index (χ1v) is 13.7. The predicted octanol–water partition coefficient (Wildman–Crippen LogP) is 3.77. The summed E-state index contributed by atoms with van der Waals surface area (Å²) >= 11 is 2.40. The van der Waals surface area contributed by atoms with E-state index in [0.29, 0.717) is 56.4 Å². The quantitative estimate of drug-likeness (QED) is 0.363. The highest BCUT2D eigenvalue weighted by molar-refractivity contribution is 8.01. The summed E-state index contributed by atoms with van der Waals surface area (Å²) in [4.78, 5) is 27.0. The number of carbonyl (C=O) groups is 2. The molecule has 4 rings (SSSR count). The lowest BCUT2D eigenvalue weighted by Gasteiger charge is -2.42. The number of hydrogen-bond acceptors (Lipinski definition) is 13. The molecule has 11 nitrogen and oxygen atoms in total. The summed E-state index contributed by atoms with van der Waals surface area (Å²) in [6, 6.07) is 5.70. The summed E-state index contributed by atoms with van der Waals surface area (Å²) in [7, 11) is 5.83. The van der Waals surface area contributed by atoms with E-state index in [-0.39, 0.29) is 28.3 Å². The van der Waals surface area contributed by atoms with E-state index in [1.165, 1.54) is 51.5 Å². The third-order valence-corrected chi connectivity index (χ3v) is 8.54. The zero-order valence-corrected chi connectivity index (χ0v) is 24.1. The van der Waals surface area contributed by atoms with Gasteiger partial charge in [-0.2, -0.15) is 5.26 Å². The highest BCUT2D eigenvalue weighted by Gasteiger charge is 2.45. The molecule has 2 N–H and O–H groups in total. The number of esters is 1. The van der Waals surface area contributed by atoms with Crippen molar-refractivity contribution in [3.63, 3.8) is 0 Å². The Morgan fingerprint density at radius 1 is 1.18 bits per heavy atom. The van der Waals surface area contributed by atoms with Crippen LogP contribution in [0.3, 0.4) is 0 Å². The van der Waals surface area contributed by atoms with Crippen LogP contribution in [0.1, 0.15) is 38.2 Å². The molecule has 1 aliphatic carbocycles. The topological polar surface area (TPSA) is 150 Å². The number of Topliss-reactive ketones (excluding diaryl/α,β-unsaturated/α-hetero) is 1. The average Bonchev–Trinajstić information content (AvgIpc) is 3.37. The minimum absolute atomic E-state index is 0.0720. The minimum Gasteiger partial charge on any atom is -0.493 e. The van der Waals surface area contributed by atoms with E-state index in [2.05, 4.69) is 16.3 Å². The molecule has 1 atom stereocenters. The summed E-state index contributed by atoms with van der Waals surface area (Å²) in [6.45, 7) is 4.03. The SMILES string of the molecule is COC(=O)CSc1nnc(N2C(N)=C(C#N)C(c3cc(OC)c(OC)c(OC)c3)C3=C2CC(C)(C)CC3=O)s1. The minimum atomic E-state index is -0.750. The molecular weight excluding hydrogens is 542 g/mol. The molecule has 0 saturated heterocycles. The molecule has 0 radical (unpaired) electrons. The number of nitrogens with zero attached hydrogens (tertiary/aromatic N) is 4. The summed E-state index contributed by atoms with van der Waals surface area (Å²) in [5.74, 6) is 0.185. The van der Waals surface area contributed by atoms with Crippen molar-refractivity contribution >= 4 is 40.0 Å². The third-order valence-electron chi connectivity index (χ3n) is 6.53. The van der Waals surface area contributed by atoms with Crippen LogP contribution in [-0.2, 0) is 14.3 Å². The van der Waals surface area contributed by atoms with Crippen LogP contribution in [0.4, 0.5) is 5.13 Å². The Morgan fingerprint density at radius 2 is 1.85 bits per heavy atom. The van der Waals surface area contributed by atoms with Crippen molar-refractivity contribution in [1.29, 1.82) is 5.26 Å². The number of benzene rings is 1. The van der Waals surface area contributed by atoms with Gasteiger partial charge in [0.05, 0.1) is 51.8 Å². The number of methoxy groups -OCH3 is 4. The molecule has 206 valence electrons. The van der Waals surface area contributed by atoms with Crippen molar-refractivity contribution in [3.05, 3.63) is 40.4 Å². The summed E-state index contributed by atoms with van der Waals surface area (Å²) < 4.78 is 21.8. The lowest BCUT2D eigenvalue weighted by Crippen LogP contribution is -2.42. The van der Waals surface area contributed by atoms with E-state index in [9.17, 15) is 14.9 Å². The monoisotopic (exact) mass is 571 g/mol. The fraction of sp³-hybridized carbons (Fsp3) is 0.423. The van der Waals surface area contributed by atoms with E-state index in [1.807, 2.05) is 13.8 Å². The van der Waals surface area contributed by atoms with Crippen molar-refractivity contribution in [2.75, 3.05) is 39.1 Å². The Balaban J connectivity index is 1.91. The van der Waals surface area contributed by atoms with Gasteiger partial charge in [-0.3, -0.25) is 14.5 Å². The average molecular weight is 572 g/mol. The van der Waals surface area contributed by atoms with Gasteiger partial charge in [-0.1, -0.05) is 36.9 Å². The summed E-state index contributed by atoms with van der Waals surface area (Å²) in [6.07, 6.45) is 0.814. The number of nitrogens with two attached hydrogens (primary N) is 1. The van der Waals surface area contributed by atoms with Crippen LogP contribution in [0.25, 0.3) is 0 Å². The second kappa shape index (κ2) is 11.2. The first kappa shape index (κ1) is 28.3. The maximum absolute atomic E-state index is 13.8. The molecule has 0 fully saturated rings. The standard InChI is InChI=1S/C26H29N5O6S2/c1-26(2)9-15-21(16(32)10-26)20(13-7-17(34-3)22(37-6)18(8-13)35-4)14(11-27)23(28)31(15)24-29-30-25(39-24)38-12-19(33)36-5/h7-8,20H,9-10,12,28H2,1-6H3. The maximum Gasteiger partial charge on any atom is 0.316 e. The largest absolute Gasteiger partial charge is 0.493 e. The number of allylic oxidation sites excluding steroid dienone is 3. The van der Waals surface area contributed by atoms with E-state index in [1.54, 1.807) is 17.0 Å². The fourth-order valence-electron chi connectivity index (χ4n) is 4.86. The van der Waals surface area contributed by atoms with Gasteiger partial charge in [-0.05, 0) is 29.5 Å². The van der Waals surface area contributed by atoms with Crippen LogP contribution < -0.4 is 24.8 Å². The van der Waals surface area contributed by atoms with Crippen LogP contribution in [0.5, 0.6) is 17.2 Å². The molecule has 1 unspecified atom stereocenters. The number of hydrogen-bond donors (Lipinski definition) is 1. The van der Waals surface area contributed by atoms with E-state index in [4.69, 9.17) is 24.7 Å². The second-order valence-corrected chi connectivity index (χ2v) is 11.8. The molecule has 0 bridgehead atoms. The highest BCUT2D eigenvalue weighted by Crippen LogP contribution is 2.52. The van der Waals surface area contributed by atoms with Gasteiger partial charge in [0.25, 0.3) is 0 Å². The predicted molar refractivity (Wildman–Crippen MR) is 146 cm³/mol. The van der Waals surface area contributed by atoms with Crippen LogP contribution in [0.15, 0.2) is 39.1 Å². The molecule has 1 aliphatic heterocycles. The van der Waals surface area contributed by atoms with Crippen molar-refractivity contribution in [2.45, 2.75) is 36.9 Å². The molecule has 13 heteroatoms. The molecule has 0 saturated carbocycles. The van der Waals surface area contributed by atoms with Crippen molar-refractivity contribution in [3.8, 4) is 23.3 Å². The van der Waals surface area contributed by atoms with Gasteiger partial charge in [-0.25, -0.2) is 0 Å². The molecule has 39 heavy (non-hydrogen) atoms. The summed E-state index contributed by atoms with van der Waals surface area (Å²) in [5, 5.41) is 19.2. The Kier molecular flexibility index (Phi) is 8.08. The van der Waals surface area contributed by atoms with Crippen LogP contribution in [-0.4, -0.2) is 56.1 Å². The van der Waals surface area contributed by atoms with Gasteiger partial charge in [0, 0.05) is 17.7 Å². The number of rotatable bonds is 8. The van der Waals surface area contributed by atoms with Gasteiger partial charge in [0.15, 0.2) is 21.6 Å². The Morgan fingerprint density at radius 3 is 2.41 bits per heavy atom. The highest BCUT2D eigenvalue weighted by atomic mass is 32.2. The molecule has 1 aromatic carbocycles. The number of ether oxygens (including phenoxy) is 4. The first-order chi connectivity index (χ1) is 18.6. The first-order valence-electron chi connectivity index (χ1n) is 11.9. The number of anilines is 1. The Bertz CT molecular complexity index is 1400. The zero-order chi connectivity index (χ0) is 28.5. The van der Waals surface area contributed by atoms with Crippen molar-refractivity contribution in [2.24, 2.45) is 11.1 Å². The van der Waals surface area contributed by atoms with E-state index < -0.39 is 11.9 Å². The van der Waals surface area contributed by atoms with Crippen LogP contribution in [0.2, 0.25) is 0 Å². The lowest BCUT2D eigenvalue weighted by molar-refractivity contribution is -0.137. The van der Waals surface area contributed by atoms with Crippen molar-refractivity contribution in [1.82, 2.24) is 10.2 Å². The van der Waals surface area contributed by atoms with Gasteiger partial charge >= 0.3 is 5.97 Å². The maximum atomic E-state index is 13.8. The van der Waals surface area contributed by atoms with Gasteiger partial charge in [0.2, 0.25) is 10.9 Å². The van der Waals surface area contributed by atoms with Crippen LogP contribution >= 0.6 is 23.1 Å². The van der Waals surface area contributed by atoms with Gasteiger partial charge < -0.3 is 24.7 Å². The molecule has 0 spiro atoms. The van der Waals surface area contributed by atoms with E-state index in [0.717, 1.165) is 0 Å². The fourth-order valence-corrected chi connectivity index (χ4v) is 6.57. The molecule has 0 amide bonds. The van der Waals surface area contributed by atoms with Crippen molar-refractivity contribution < 1.29 is 28.5 Å². The molecule has 2 aromatic rings. The number of ketones is 1. The van der Waals surface area contributed by atoms with E-state index >= 15 is 0 Å². The Hall–Kier alpha value is -3.76. The normalized spacial score (nSPS) is 18.4. The Labute approximate surface area is 234 Å². The number of carbonyl (C=O) groups excluding carboxylic acids is 2. The molecule has 1 aromatic heterocycles.